The molecule has 0 spiro atoms. The van der Waals surface area contributed by atoms with Gasteiger partial charge in [0.15, 0.2) is 6.61 Å². The first-order valence-electron chi connectivity index (χ1n) is 10.1. The highest BCUT2D eigenvalue weighted by Crippen LogP contribution is 2.30. The van der Waals surface area contributed by atoms with E-state index in [0.717, 1.165) is 62.5 Å². The van der Waals surface area contributed by atoms with E-state index in [1.54, 1.807) is 12.1 Å². The Morgan fingerprint density at radius 1 is 1.11 bits per heavy atom. The van der Waals surface area contributed by atoms with Gasteiger partial charge in [-0.15, -0.1) is 0 Å². The average molecular weight is 373 g/mol. The third-order valence-corrected chi connectivity index (χ3v) is 6.06. The van der Waals surface area contributed by atoms with Gasteiger partial charge in [-0.25, -0.2) is 4.79 Å². The molecule has 1 aromatic carbocycles. The highest BCUT2D eigenvalue weighted by Gasteiger charge is 2.36. The summed E-state index contributed by atoms with van der Waals surface area (Å²) in [5.74, 6) is -0.879. The molecule has 0 bridgehead atoms. The highest BCUT2D eigenvalue weighted by molar-refractivity contribution is 5.94. The monoisotopic (exact) mass is 373 g/mol. The minimum absolute atomic E-state index is 0.0631. The van der Waals surface area contributed by atoms with Crippen LogP contribution in [0, 0.1) is 0 Å². The van der Waals surface area contributed by atoms with Crippen molar-refractivity contribution in [1.29, 1.82) is 0 Å². The zero-order valence-electron chi connectivity index (χ0n) is 15.6. The van der Waals surface area contributed by atoms with Crippen LogP contribution in [0.5, 0.6) is 5.75 Å². The third-order valence-electron chi connectivity index (χ3n) is 6.06. The van der Waals surface area contributed by atoms with Gasteiger partial charge in [0, 0.05) is 6.54 Å². The topological polar surface area (TPSA) is 76.1 Å². The minimum atomic E-state index is -0.636. The Labute approximate surface area is 159 Å². The number of morpholine rings is 1. The van der Waals surface area contributed by atoms with Gasteiger partial charge in [0.25, 0.3) is 5.91 Å². The Hall–Kier alpha value is -2.08. The molecule has 6 heteroatoms. The smallest absolute Gasteiger partial charge is 0.342 e. The maximum Gasteiger partial charge on any atom is 0.342 e. The number of aryl methyl sites for hydroxylation is 2. The lowest BCUT2D eigenvalue weighted by Gasteiger charge is -2.43. The molecule has 6 nitrogen and oxygen atoms in total. The van der Waals surface area contributed by atoms with Crippen molar-refractivity contribution in [2.45, 2.75) is 63.5 Å². The fourth-order valence-electron chi connectivity index (χ4n) is 4.63. The van der Waals surface area contributed by atoms with E-state index in [1.807, 2.05) is 4.90 Å². The number of phenolic OH excluding ortho intramolecular Hbond substituents is 1. The second-order valence-electron chi connectivity index (χ2n) is 7.77. The quantitative estimate of drug-likeness (QED) is 0.824. The standard InChI is InChI=1S/C21H27NO5/c23-18-12-15-6-2-1-5-14(15)11-16(18)21(25)27-13-20(24)22-9-10-26-19-8-4-3-7-17(19)22/h11-12,17,19,23H,1-10,13H2. The first kappa shape index (κ1) is 18.3. The summed E-state index contributed by atoms with van der Waals surface area (Å²) in [6, 6.07) is 3.49. The first-order valence-corrected chi connectivity index (χ1v) is 10.1. The highest BCUT2D eigenvalue weighted by atomic mass is 16.5. The van der Waals surface area contributed by atoms with Gasteiger partial charge in [0.05, 0.1) is 18.8 Å². The number of hydrogen-bond donors (Lipinski definition) is 1. The second kappa shape index (κ2) is 7.89. The van der Waals surface area contributed by atoms with Crippen molar-refractivity contribution in [3.05, 3.63) is 28.8 Å². The van der Waals surface area contributed by atoms with Gasteiger partial charge in [-0.3, -0.25) is 4.79 Å². The van der Waals surface area contributed by atoms with Crippen molar-refractivity contribution in [3.8, 4) is 5.75 Å². The molecule has 2 atom stereocenters. The molecule has 2 aliphatic carbocycles. The van der Waals surface area contributed by atoms with Gasteiger partial charge < -0.3 is 19.5 Å². The molecule has 27 heavy (non-hydrogen) atoms. The zero-order chi connectivity index (χ0) is 18.8. The molecule has 2 unspecified atom stereocenters. The average Bonchev–Trinajstić information content (AvgIpc) is 2.70. The Kier molecular flexibility index (Phi) is 5.34. The van der Waals surface area contributed by atoms with Gasteiger partial charge in [-0.1, -0.05) is 12.8 Å². The molecule has 3 aliphatic rings. The number of amides is 1. The van der Waals surface area contributed by atoms with Crippen LogP contribution in [-0.2, 0) is 27.1 Å². The summed E-state index contributed by atoms with van der Waals surface area (Å²) in [4.78, 5) is 26.9. The number of hydrogen-bond acceptors (Lipinski definition) is 5. The van der Waals surface area contributed by atoms with E-state index in [1.165, 1.54) is 0 Å². The van der Waals surface area contributed by atoms with E-state index in [9.17, 15) is 14.7 Å². The largest absolute Gasteiger partial charge is 0.507 e. The van der Waals surface area contributed by atoms with Crippen molar-refractivity contribution >= 4 is 11.9 Å². The Balaban J connectivity index is 1.39. The first-order chi connectivity index (χ1) is 13.1. The second-order valence-corrected chi connectivity index (χ2v) is 7.77. The number of carbonyl (C=O) groups is 2. The van der Waals surface area contributed by atoms with E-state index in [0.29, 0.717) is 13.2 Å². The van der Waals surface area contributed by atoms with Crippen LogP contribution >= 0.6 is 0 Å². The number of carbonyl (C=O) groups excluding carboxylic acids is 2. The summed E-state index contributed by atoms with van der Waals surface area (Å²) in [5, 5.41) is 10.2. The third kappa shape index (κ3) is 3.81. The number of ether oxygens (including phenoxy) is 2. The number of aromatic hydroxyl groups is 1. The van der Waals surface area contributed by atoms with Crippen LogP contribution in [0.4, 0.5) is 0 Å². The van der Waals surface area contributed by atoms with Crippen molar-refractivity contribution in [3.63, 3.8) is 0 Å². The van der Waals surface area contributed by atoms with Crippen LogP contribution in [0.25, 0.3) is 0 Å². The lowest BCUT2D eigenvalue weighted by Crippen LogP contribution is -2.55. The summed E-state index contributed by atoms with van der Waals surface area (Å²) in [6.07, 6.45) is 8.29. The fraction of sp³-hybridized carbons (Fsp3) is 0.619. The van der Waals surface area contributed by atoms with Crippen LogP contribution in [0.2, 0.25) is 0 Å². The molecule has 1 amide bonds. The molecular formula is C21H27NO5. The number of phenols is 1. The maximum atomic E-state index is 12.6. The number of benzene rings is 1. The summed E-state index contributed by atoms with van der Waals surface area (Å²) in [6.45, 7) is 0.784. The summed E-state index contributed by atoms with van der Waals surface area (Å²) >= 11 is 0. The van der Waals surface area contributed by atoms with Gasteiger partial charge in [0.2, 0.25) is 0 Å². The number of esters is 1. The molecule has 2 fully saturated rings. The molecule has 1 saturated heterocycles. The summed E-state index contributed by atoms with van der Waals surface area (Å²) in [7, 11) is 0. The summed E-state index contributed by atoms with van der Waals surface area (Å²) in [5.41, 5.74) is 2.35. The van der Waals surface area contributed by atoms with Crippen molar-refractivity contribution in [2.75, 3.05) is 19.8 Å². The van der Waals surface area contributed by atoms with Crippen LogP contribution in [0.3, 0.4) is 0 Å². The molecular weight excluding hydrogens is 346 g/mol. The van der Waals surface area contributed by atoms with Gasteiger partial charge in [-0.2, -0.15) is 0 Å². The Morgan fingerprint density at radius 3 is 2.67 bits per heavy atom. The van der Waals surface area contributed by atoms with E-state index in [4.69, 9.17) is 9.47 Å². The zero-order valence-corrected chi connectivity index (χ0v) is 15.6. The molecule has 1 N–H and O–H groups in total. The molecule has 4 rings (SSSR count). The summed E-state index contributed by atoms with van der Waals surface area (Å²) < 4.78 is 11.1. The van der Waals surface area contributed by atoms with Crippen molar-refractivity contribution < 1.29 is 24.2 Å². The van der Waals surface area contributed by atoms with Crippen molar-refractivity contribution in [1.82, 2.24) is 4.90 Å². The fourth-order valence-corrected chi connectivity index (χ4v) is 4.63. The molecule has 1 saturated carbocycles. The maximum absolute atomic E-state index is 12.6. The number of nitrogens with zero attached hydrogens (tertiary/aromatic N) is 1. The predicted molar refractivity (Wildman–Crippen MR) is 98.7 cm³/mol. The Morgan fingerprint density at radius 2 is 1.85 bits per heavy atom. The SMILES string of the molecule is O=C(OCC(=O)N1CCOC2CCCCC21)c1cc2c(cc1O)CCCC2. The molecule has 0 aromatic heterocycles. The van der Waals surface area contributed by atoms with E-state index < -0.39 is 5.97 Å². The van der Waals surface area contributed by atoms with Crippen LogP contribution < -0.4 is 0 Å². The van der Waals surface area contributed by atoms with Crippen LogP contribution in [-0.4, -0.2) is 53.8 Å². The molecule has 0 radical (unpaired) electrons. The molecule has 1 heterocycles. The molecule has 146 valence electrons. The lowest BCUT2D eigenvalue weighted by molar-refractivity contribution is -0.152. The number of rotatable bonds is 3. The van der Waals surface area contributed by atoms with Crippen molar-refractivity contribution in [2.24, 2.45) is 0 Å². The van der Waals surface area contributed by atoms with E-state index in [2.05, 4.69) is 0 Å². The molecule has 1 aliphatic heterocycles. The van der Waals surface area contributed by atoms with Gasteiger partial charge >= 0.3 is 5.97 Å². The van der Waals surface area contributed by atoms with Gasteiger partial charge in [0.1, 0.15) is 11.3 Å². The predicted octanol–water partition coefficient (Wildman–Crippen LogP) is 2.60. The molecule has 1 aromatic rings. The van der Waals surface area contributed by atoms with Gasteiger partial charge in [-0.05, 0) is 61.8 Å². The lowest BCUT2D eigenvalue weighted by atomic mass is 9.90. The minimum Gasteiger partial charge on any atom is -0.507 e. The van der Waals surface area contributed by atoms with E-state index in [-0.39, 0.29) is 36.0 Å². The normalized spacial score (nSPS) is 24.7. The van der Waals surface area contributed by atoms with Crippen LogP contribution in [0.15, 0.2) is 12.1 Å². The van der Waals surface area contributed by atoms with E-state index >= 15 is 0 Å². The number of fused-ring (bicyclic) bond motifs is 2. The Bertz CT molecular complexity index is 730. The van der Waals surface area contributed by atoms with Crippen LogP contribution in [0.1, 0.15) is 60.0 Å².